The average molecular weight is 237 g/mol. The lowest BCUT2D eigenvalue weighted by molar-refractivity contribution is -0.0410. The predicted molar refractivity (Wildman–Crippen MR) is 61.2 cm³/mol. The number of halogens is 1. The highest BCUT2D eigenvalue weighted by Crippen LogP contribution is 2.27. The third-order valence-corrected chi connectivity index (χ3v) is 3.54. The van der Waals surface area contributed by atoms with E-state index in [1.165, 1.54) is 12.1 Å². The normalized spacial score (nSPS) is 28.5. The summed E-state index contributed by atoms with van der Waals surface area (Å²) in [4.78, 5) is 2.30. The van der Waals surface area contributed by atoms with Gasteiger partial charge in [0.05, 0.1) is 12.2 Å². The van der Waals surface area contributed by atoms with Crippen LogP contribution in [0.4, 0.5) is 4.39 Å². The highest BCUT2D eigenvalue weighted by Gasteiger charge is 2.33. The van der Waals surface area contributed by atoms with E-state index in [9.17, 15) is 4.39 Å². The van der Waals surface area contributed by atoms with Gasteiger partial charge in [0.2, 0.25) is 0 Å². The van der Waals surface area contributed by atoms with Crippen LogP contribution < -0.4 is 0 Å². The van der Waals surface area contributed by atoms with Gasteiger partial charge in [0.1, 0.15) is 0 Å². The Labute approximate surface area is 99.8 Å². The predicted octanol–water partition coefficient (Wildman–Crippen LogP) is 1.89. The summed E-state index contributed by atoms with van der Waals surface area (Å²) in [5.41, 5.74) is 0.904. The van der Waals surface area contributed by atoms with Crippen LogP contribution in [0, 0.1) is 5.82 Å². The fraction of sp³-hybridized carbons (Fsp3) is 0.538. The number of fused-ring (bicyclic) bond motifs is 2. The van der Waals surface area contributed by atoms with E-state index in [1.54, 1.807) is 6.07 Å². The van der Waals surface area contributed by atoms with Crippen molar-refractivity contribution in [3.63, 3.8) is 0 Å². The third-order valence-electron chi connectivity index (χ3n) is 3.54. The first-order chi connectivity index (χ1) is 8.20. The zero-order valence-corrected chi connectivity index (χ0v) is 9.60. The number of hydrogen-bond donors (Lipinski definition) is 1. The number of benzene rings is 1. The van der Waals surface area contributed by atoms with Gasteiger partial charge >= 0.3 is 0 Å². The van der Waals surface area contributed by atoms with Crippen molar-refractivity contribution in [2.75, 3.05) is 13.1 Å². The largest absolute Gasteiger partial charge is 0.505 e. The first kappa shape index (κ1) is 11.0. The van der Waals surface area contributed by atoms with Crippen LogP contribution in [-0.2, 0) is 11.3 Å². The molecule has 92 valence electrons. The van der Waals surface area contributed by atoms with E-state index in [1.807, 2.05) is 0 Å². The van der Waals surface area contributed by atoms with E-state index in [2.05, 4.69) is 4.90 Å². The maximum atomic E-state index is 13.2. The van der Waals surface area contributed by atoms with Crippen molar-refractivity contribution in [3.05, 3.63) is 29.6 Å². The van der Waals surface area contributed by atoms with Gasteiger partial charge in [-0.1, -0.05) is 6.07 Å². The highest BCUT2D eigenvalue weighted by molar-refractivity contribution is 5.28. The number of nitrogens with zero attached hydrogens (tertiary/aromatic N) is 1. The Bertz CT molecular complexity index is 412. The zero-order chi connectivity index (χ0) is 11.8. The van der Waals surface area contributed by atoms with Crippen molar-refractivity contribution < 1.29 is 14.2 Å². The molecular formula is C13H16FNO2. The number of phenolic OH excluding ortho intramolecular Hbond substituents is 1. The minimum absolute atomic E-state index is 0.282. The Balaban J connectivity index is 1.68. The summed E-state index contributed by atoms with van der Waals surface area (Å²) < 4.78 is 19.0. The molecule has 1 N–H and O–H groups in total. The molecule has 17 heavy (non-hydrogen) atoms. The van der Waals surface area contributed by atoms with E-state index in [4.69, 9.17) is 9.84 Å². The molecule has 1 aromatic carbocycles. The lowest BCUT2D eigenvalue weighted by atomic mass is 10.2. The topological polar surface area (TPSA) is 32.7 Å². The van der Waals surface area contributed by atoms with E-state index >= 15 is 0 Å². The van der Waals surface area contributed by atoms with Crippen LogP contribution in [0.2, 0.25) is 0 Å². The quantitative estimate of drug-likeness (QED) is 0.852. The van der Waals surface area contributed by atoms with E-state index in [-0.39, 0.29) is 5.75 Å². The molecule has 2 bridgehead atoms. The monoisotopic (exact) mass is 237 g/mol. The molecule has 2 saturated heterocycles. The Kier molecular flexibility index (Phi) is 2.76. The van der Waals surface area contributed by atoms with Gasteiger partial charge in [0.15, 0.2) is 11.6 Å². The van der Waals surface area contributed by atoms with Gasteiger partial charge in [-0.2, -0.15) is 0 Å². The van der Waals surface area contributed by atoms with Crippen LogP contribution in [-0.4, -0.2) is 35.3 Å². The van der Waals surface area contributed by atoms with Crippen LogP contribution in [0.15, 0.2) is 18.2 Å². The van der Waals surface area contributed by atoms with E-state index in [0.29, 0.717) is 12.2 Å². The first-order valence-electron chi connectivity index (χ1n) is 6.06. The molecule has 0 spiro atoms. The number of phenols is 1. The fourth-order valence-corrected chi connectivity index (χ4v) is 2.74. The number of rotatable bonds is 2. The summed E-state index contributed by atoms with van der Waals surface area (Å²) in [5, 5.41) is 9.14. The number of morpholine rings is 1. The molecule has 0 radical (unpaired) electrons. The first-order valence-corrected chi connectivity index (χ1v) is 6.06. The molecule has 2 heterocycles. The van der Waals surface area contributed by atoms with Gasteiger partial charge < -0.3 is 9.84 Å². The van der Waals surface area contributed by atoms with Gasteiger partial charge in [0, 0.05) is 19.6 Å². The summed E-state index contributed by atoms with van der Waals surface area (Å²) >= 11 is 0. The molecule has 0 aliphatic carbocycles. The highest BCUT2D eigenvalue weighted by atomic mass is 19.1. The van der Waals surface area contributed by atoms with Gasteiger partial charge in [0.25, 0.3) is 0 Å². The van der Waals surface area contributed by atoms with Crippen molar-refractivity contribution in [2.24, 2.45) is 0 Å². The van der Waals surface area contributed by atoms with Gasteiger partial charge in [-0.05, 0) is 30.5 Å². The number of ether oxygens (including phenoxy) is 1. The molecule has 2 fully saturated rings. The van der Waals surface area contributed by atoms with Crippen LogP contribution in [0.3, 0.4) is 0 Å². The fourth-order valence-electron chi connectivity index (χ4n) is 2.74. The van der Waals surface area contributed by atoms with Crippen LogP contribution in [0.1, 0.15) is 18.4 Å². The minimum Gasteiger partial charge on any atom is -0.505 e. The van der Waals surface area contributed by atoms with Gasteiger partial charge in [-0.15, -0.1) is 0 Å². The average Bonchev–Trinajstić information content (AvgIpc) is 2.64. The summed E-state index contributed by atoms with van der Waals surface area (Å²) in [6, 6.07) is 4.60. The number of aromatic hydroxyl groups is 1. The second-order valence-corrected chi connectivity index (χ2v) is 4.94. The summed E-state index contributed by atoms with van der Waals surface area (Å²) in [6.07, 6.45) is 3.00. The van der Waals surface area contributed by atoms with Crippen molar-refractivity contribution in [1.29, 1.82) is 0 Å². The second-order valence-electron chi connectivity index (χ2n) is 4.94. The second kappa shape index (κ2) is 4.27. The molecule has 2 atom stereocenters. The maximum absolute atomic E-state index is 13.2. The van der Waals surface area contributed by atoms with E-state index in [0.717, 1.165) is 38.0 Å². The molecule has 3 nitrogen and oxygen atoms in total. The summed E-state index contributed by atoms with van der Waals surface area (Å²) in [7, 11) is 0. The minimum atomic E-state index is -0.543. The van der Waals surface area contributed by atoms with Crippen molar-refractivity contribution in [2.45, 2.75) is 31.6 Å². The Morgan fingerprint density at radius 1 is 1.29 bits per heavy atom. The van der Waals surface area contributed by atoms with Crippen molar-refractivity contribution >= 4 is 0 Å². The van der Waals surface area contributed by atoms with Crippen LogP contribution in [0.5, 0.6) is 5.75 Å². The number of hydrogen-bond acceptors (Lipinski definition) is 3. The molecular weight excluding hydrogens is 221 g/mol. The maximum Gasteiger partial charge on any atom is 0.165 e. The molecule has 0 saturated carbocycles. The Hall–Kier alpha value is -1.13. The number of likely N-dealkylation sites (tertiary alicyclic amines) is 1. The lowest BCUT2D eigenvalue weighted by Gasteiger charge is -2.32. The molecule has 0 amide bonds. The SMILES string of the molecule is Oc1ccc(CN2CC3CCC(C2)O3)cc1F. The lowest BCUT2D eigenvalue weighted by Crippen LogP contribution is -2.41. The summed E-state index contributed by atoms with van der Waals surface area (Å²) in [6.45, 7) is 2.59. The zero-order valence-electron chi connectivity index (χ0n) is 9.60. The van der Waals surface area contributed by atoms with Crippen molar-refractivity contribution in [1.82, 2.24) is 4.90 Å². The molecule has 2 aliphatic heterocycles. The van der Waals surface area contributed by atoms with Crippen LogP contribution in [0.25, 0.3) is 0 Å². The van der Waals surface area contributed by atoms with Crippen LogP contribution >= 0.6 is 0 Å². The smallest absolute Gasteiger partial charge is 0.165 e. The molecule has 2 unspecified atom stereocenters. The molecule has 4 heteroatoms. The van der Waals surface area contributed by atoms with E-state index < -0.39 is 5.82 Å². The molecule has 0 aromatic heterocycles. The van der Waals surface area contributed by atoms with Crippen molar-refractivity contribution in [3.8, 4) is 5.75 Å². The molecule has 3 rings (SSSR count). The molecule has 2 aliphatic rings. The Morgan fingerprint density at radius 3 is 2.65 bits per heavy atom. The van der Waals surface area contributed by atoms with Gasteiger partial charge in [-0.25, -0.2) is 4.39 Å². The summed E-state index contributed by atoms with van der Waals surface area (Å²) in [5.74, 6) is -0.825. The Morgan fingerprint density at radius 2 is 2.00 bits per heavy atom. The van der Waals surface area contributed by atoms with Gasteiger partial charge in [-0.3, -0.25) is 4.90 Å². The standard InChI is InChI=1S/C13H16FNO2/c14-12-5-9(1-4-13(12)16)6-15-7-10-2-3-11(8-15)17-10/h1,4-5,10-11,16H,2-3,6-8H2. The third kappa shape index (κ3) is 2.28. The molecule has 1 aromatic rings.